The minimum atomic E-state index is 0.611. The van der Waals surface area contributed by atoms with E-state index in [2.05, 4.69) is 51.8 Å². The van der Waals surface area contributed by atoms with Crippen LogP contribution in [0.2, 0.25) is 0 Å². The van der Waals surface area contributed by atoms with Crippen LogP contribution in [-0.4, -0.2) is 17.0 Å². The molecule has 0 saturated carbocycles. The molecule has 2 N–H and O–H groups in total. The summed E-state index contributed by atoms with van der Waals surface area (Å²) in [7, 11) is 1.80. The number of nitrogens with one attached hydrogen (secondary N) is 2. The van der Waals surface area contributed by atoms with E-state index < -0.39 is 0 Å². The maximum Gasteiger partial charge on any atom is 0.224 e. The Balaban J connectivity index is 2.13. The Morgan fingerprint density at radius 1 is 1.12 bits per heavy atom. The Kier molecular flexibility index (Phi) is 3.55. The molecule has 0 radical (unpaired) electrons. The zero-order valence-corrected chi connectivity index (χ0v) is 10.1. The van der Waals surface area contributed by atoms with E-state index >= 15 is 0 Å². The summed E-state index contributed by atoms with van der Waals surface area (Å²) in [6.07, 6.45) is 2.78. The van der Waals surface area contributed by atoms with Gasteiger partial charge in [0.25, 0.3) is 0 Å². The Labute approximate surface area is 101 Å². The third-order valence-corrected chi connectivity index (χ3v) is 2.51. The smallest absolute Gasteiger partial charge is 0.224 e. The number of aromatic nitrogens is 2. The molecule has 0 saturated heterocycles. The van der Waals surface area contributed by atoms with Crippen LogP contribution in [0.5, 0.6) is 0 Å². The number of nitrogens with zero attached hydrogens (tertiary/aromatic N) is 2. The van der Waals surface area contributed by atoms with Crippen LogP contribution in [-0.2, 0) is 6.42 Å². The van der Waals surface area contributed by atoms with Gasteiger partial charge in [0, 0.05) is 18.9 Å². The summed E-state index contributed by atoms with van der Waals surface area (Å²) >= 11 is 0. The average Bonchev–Trinajstić information content (AvgIpc) is 2.40. The van der Waals surface area contributed by atoms with Crippen molar-refractivity contribution in [3.63, 3.8) is 0 Å². The SMILES string of the molecule is CCc1ccc(Nc2ccnc(NC)n2)cc1. The van der Waals surface area contributed by atoms with Crippen molar-refractivity contribution in [3.05, 3.63) is 42.1 Å². The molecule has 0 aliphatic heterocycles. The fourth-order valence-electron chi connectivity index (χ4n) is 1.52. The molecule has 2 rings (SSSR count). The van der Waals surface area contributed by atoms with Crippen molar-refractivity contribution in [1.82, 2.24) is 9.97 Å². The molecule has 1 aromatic carbocycles. The molecule has 17 heavy (non-hydrogen) atoms. The molecule has 1 aromatic heterocycles. The second kappa shape index (κ2) is 5.30. The van der Waals surface area contributed by atoms with E-state index in [1.165, 1.54) is 5.56 Å². The Bertz CT molecular complexity index is 479. The van der Waals surface area contributed by atoms with E-state index in [0.717, 1.165) is 17.9 Å². The number of hydrogen-bond acceptors (Lipinski definition) is 4. The predicted molar refractivity (Wildman–Crippen MR) is 70.7 cm³/mol. The zero-order valence-electron chi connectivity index (χ0n) is 10.1. The van der Waals surface area contributed by atoms with Crippen molar-refractivity contribution in [2.45, 2.75) is 13.3 Å². The Morgan fingerprint density at radius 3 is 2.53 bits per heavy atom. The minimum Gasteiger partial charge on any atom is -0.357 e. The molecule has 0 aliphatic carbocycles. The van der Waals surface area contributed by atoms with Crippen molar-refractivity contribution >= 4 is 17.5 Å². The van der Waals surface area contributed by atoms with Crippen molar-refractivity contribution in [2.75, 3.05) is 17.7 Å². The van der Waals surface area contributed by atoms with Crippen LogP contribution in [0.25, 0.3) is 0 Å². The second-order valence-corrected chi connectivity index (χ2v) is 3.69. The van der Waals surface area contributed by atoms with E-state index in [1.807, 2.05) is 6.07 Å². The van der Waals surface area contributed by atoms with Gasteiger partial charge in [-0.25, -0.2) is 4.98 Å². The molecule has 2 aromatic rings. The lowest BCUT2D eigenvalue weighted by Crippen LogP contribution is -1.99. The molecule has 88 valence electrons. The standard InChI is InChI=1S/C13H16N4/c1-3-10-4-6-11(7-5-10)16-12-8-9-15-13(14-2)17-12/h4-9H,3H2,1-2H3,(H2,14,15,16,17). The normalized spacial score (nSPS) is 10.0. The predicted octanol–water partition coefficient (Wildman–Crippen LogP) is 2.82. The highest BCUT2D eigenvalue weighted by Gasteiger charge is 1.98. The first-order valence-electron chi connectivity index (χ1n) is 5.68. The van der Waals surface area contributed by atoms with Crippen molar-refractivity contribution in [3.8, 4) is 0 Å². The molecular formula is C13H16N4. The molecule has 0 atom stereocenters. The molecule has 0 amide bonds. The molecule has 4 nitrogen and oxygen atoms in total. The first kappa shape index (κ1) is 11.4. The van der Waals surface area contributed by atoms with Crippen LogP contribution >= 0.6 is 0 Å². The van der Waals surface area contributed by atoms with Crippen molar-refractivity contribution in [1.29, 1.82) is 0 Å². The van der Waals surface area contributed by atoms with E-state index in [4.69, 9.17) is 0 Å². The summed E-state index contributed by atoms with van der Waals surface area (Å²) in [4.78, 5) is 8.36. The largest absolute Gasteiger partial charge is 0.357 e. The minimum absolute atomic E-state index is 0.611. The lowest BCUT2D eigenvalue weighted by molar-refractivity contribution is 1.14. The number of benzene rings is 1. The summed E-state index contributed by atoms with van der Waals surface area (Å²) in [5.74, 6) is 1.40. The topological polar surface area (TPSA) is 49.8 Å². The molecule has 1 heterocycles. The van der Waals surface area contributed by atoms with E-state index in [9.17, 15) is 0 Å². The number of rotatable bonds is 4. The summed E-state index contributed by atoms with van der Waals surface area (Å²) in [6.45, 7) is 2.14. The van der Waals surface area contributed by atoms with Crippen molar-refractivity contribution < 1.29 is 0 Å². The molecule has 0 spiro atoms. The van der Waals surface area contributed by atoms with Crippen LogP contribution < -0.4 is 10.6 Å². The van der Waals surface area contributed by atoms with E-state index in [1.54, 1.807) is 13.2 Å². The maximum absolute atomic E-state index is 4.30. The molecule has 0 fully saturated rings. The molecular weight excluding hydrogens is 212 g/mol. The van der Waals surface area contributed by atoms with Gasteiger partial charge in [0.15, 0.2) is 0 Å². The van der Waals surface area contributed by atoms with Gasteiger partial charge in [-0.15, -0.1) is 0 Å². The van der Waals surface area contributed by atoms with Crippen LogP contribution in [0, 0.1) is 0 Å². The summed E-state index contributed by atoms with van der Waals surface area (Å²) < 4.78 is 0. The quantitative estimate of drug-likeness (QED) is 0.844. The highest BCUT2D eigenvalue weighted by atomic mass is 15.1. The van der Waals surface area contributed by atoms with Gasteiger partial charge < -0.3 is 10.6 Å². The third-order valence-electron chi connectivity index (χ3n) is 2.51. The van der Waals surface area contributed by atoms with E-state index in [0.29, 0.717) is 5.95 Å². The van der Waals surface area contributed by atoms with Crippen LogP contribution in [0.3, 0.4) is 0 Å². The van der Waals surface area contributed by atoms with Gasteiger partial charge in [0.2, 0.25) is 5.95 Å². The Morgan fingerprint density at radius 2 is 1.88 bits per heavy atom. The number of hydrogen-bond donors (Lipinski definition) is 2. The summed E-state index contributed by atoms with van der Waals surface area (Å²) in [5, 5.41) is 6.15. The Hall–Kier alpha value is -2.10. The van der Waals surface area contributed by atoms with Crippen LogP contribution in [0.4, 0.5) is 17.5 Å². The first-order valence-corrected chi connectivity index (χ1v) is 5.68. The van der Waals surface area contributed by atoms with Gasteiger partial charge in [0.1, 0.15) is 5.82 Å². The highest BCUT2D eigenvalue weighted by Crippen LogP contribution is 2.15. The zero-order chi connectivity index (χ0) is 12.1. The van der Waals surface area contributed by atoms with Crippen LogP contribution in [0.1, 0.15) is 12.5 Å². The van der Waals surface area contributed by atoms with Gasteiger partial charge in [-0.05, 0) is 30.2 Å². The molecule has 0 aliphatic rings. The average molecular weight is 228 g/mol. The highest BCUT2D eigenvalue weighted by molar-refractivity contribution is 5.57. The number of aryl methyl sites for hydroxylation is 1. The van der Waals surface area contributed by atoms with Gasteiger partial charge >= 0.3 is 0 Å². The van der Waals surface area contributed by atoms with Gasteiger partial charge in [-0.3, -0.25) is 0 Å². The lowest BCUT2D eigenvalue weighted by atomic mass is 10.1. The monoisotopic (exact) mass is 228 g/mol. The van der Waals surface area contributed by atoms with Crippen molar-refractivity contribution in [2.24, 2.45) is 0 Å². The van der Waals surface area contributed by atoms with Crippen LogP contribution in [0.15, 0.2) is 36.5 Å². The van der Waals surface area contributed by atoms with Gasteiger partial charge in [-0.2, -0.15) is 4.98 Å². The second-order valence-electron chi connectivity index (χ2n) is 3.69. The fraction of sp³-hybridized carbons (Fsp3) is 0.231. The number of anilines is 3. The molecule has 0 unspecified atom stereocenters. The third kappa shape index (κ3) is 2.93. The van der Waals surface area contributed by atoms with E-state index in [-0.39, 0.29) is 0 Å². The summed E-state index contributed by atoms with van der Waals surface area (Å²) in [5.41, 5.74) is 2.36. The van der Waals surface area contributed by atoms with Gasteiger partial charge in [-0.1, -0.05) is 19.1 Å². The maximum atomic E-state index is 4.30. The lowest BCUT2D eigenvalue weighted by Gasteiger charge is -2.07. The molecule has 0 bridgehead atoms. The summed E-state index contributed by atoms with van der Waals surface area (Å²) in [6, 6.07) is 10.2. The fourth-order valence-corrected chi connectivity index (χ4v) is 1.52. The van der Waals surface area contributed by atoms with Gasteiger partial charge in [0.05, 0.1) is 0 Å². The first-order chi connectivity index (χ1) is 8.31. The molecule has 4 heteroatoms.